The molecule has 1 saturated heterocycles. The summed E-state index contributed by atoms with van der Waals surface area (Å²) in [6.45, 7) is 9.42. The molecule has 1 N–H and O–H groups in total. The van der Waals surface area contributed by atoms with Crippen LogP contribution in [0.25, 0.3) is 0 Å². The van der Waals surface area contributed by atoms with Gasteiger partial charge in [-0.3, -0.25) is 4.90 Å². The molecule has 3 rings (SSSR count). The lowest BCUT2D eigenvalue weighted by Crippen LogP contribution is -2.54. The Morgan fingerprint density at radius 2 is 1.95 bits per heavy atom. The van der Waals surface area contributed by atoms with Crippen LogP contribution in [0.5, 0.6) is 0 Å². The van der Waals surface area contributed by atoms with Crippen molar-refractivity contribution in [3.8, 4) is 0 Å². The summed E-state index contributed by atoms with van der Waals surface area (Å²) in [6, 6.07) is 13.3. The molecule has 1 aromatic carbocycles. The van der Waals surface area contributed by atoms with E-state index >= 15 is 0 Å². The largest absolute Gasteiger partial charge is 0.314 e. The Morgan fingerprint density at radius 1 is 1.20 bits per heavy atom. The maximum absolute atomic E-state index is 3.66. The molecule has 1 aliphatic carbocycles. The number of rotatable bonds is 4. The number of hydrogen-bond acceptors (Lipinski definition) is 2. The fourth-order valence-electron chi connectivity index (χ4n) is 4.02. The average molecular weight is 272 g/mol. The Hall–Kier alpha value is -0.860. The van der Waals surface area contributed by atoms with Crippen LogP contribution in [0.2, 0.25) is 0 Å². The number of nitrogens with zero attached hydrogens (tertiary/aromatic N) is 1. The normalized spacial score (nSPS) is 37.9. The topological polar surface area (TPSA) is 15.3 Å². The van der Waals surface area contributed by atoms with Crippen molar-refractivity contribution in [1.29, 1.82) is 0 Å². The minimum Gasteiger partial charge on any atom is -0.314 e. The molecule has 20 heavy (non-hydrogen) atoms. The van der Waals surface area contributed by atoms with Gasteiger partial charge in [0.2, 0.25) is 0 Å². The monoisotopic (exact) mass is 272 g/mol. The van der Waals surface area contributed by atoms with Crippen LogP contribution in [-0.2, 0) is 0 Å². The van der Waals surface area contributed by atoms with Gasteiger partial charge in [0.25, 0.3) is 0 Å². The maximum atomic E-state index is 3.66. The Bertz CT molecular complexity index is 430. The van der Waals surface area contributed by atoms with Crippen molar-refractivity contribution in [2.75, 3.05) is 13.1 Å². The molecule has 2 aliphatic rings. The van der Waals surface area contributed by atoms with E-state index in [1.165, 1.54) is 24.9 Å². The van der Waals surface area contributed by atoms with Gasteiger partial charge in [0, 0.05) is 30.6 Å². The minimum atomic E-state index is 0.700. The number of likely N-dealkylation sites (tertiary alicyclic amines) is 1. The van der Waals surface area contributed by atoms with Crippen molar-refractivity contribution < 1.29 is 0 Å². The average Bonchev–Trinajstić information content (AvgIpc) is 3.26. The first kappa shape index (κ1) is 14.1. The second kappa shape index (κ2) is 5.87. The molecule has 1 aliphatic heterocycles. The van der Waals surface area contributed by atoms with Crippen LogP contribution in [0.3, 0.4) is 0 Å². The summed E-state index contributed by atoms with van der Waals surface area (Å²) in [5, 5.41) is 3.66. The summed E-state index contributed by atoms with van der Waals surface area (Å²) in [5.74, 6) is 1.53. The second-order valence-corrected chi connectivity index (χ2v) is 6.61. The minimum absolute atomic E-state index is 0.700. The first-order chi connectivity index (χ1) is 9.72. The third-order valence-electron chi connectivity index (χ3n) is 5.49. The molecule has 0 radical (unpaired) electrons. The van der Waals surface area contributed by atoms with Gasteiger partial charge in [-0.1, -0.05) is 44.2 Å². The van der Waals surface area contributed by atoms with E-state index in [0.29, 0.717) is 12.1 Å². The predicted molar refractivity (Wildman–Crippen MR) is 85.0 cm³/mol. The molecule has 2 nitrogen and oxygen atoms in total. The molecule has 1 saturated carbocycles. The van der Waals surface area contributed by atoms with Gasteiger partial charge >= 0.3 is 0 Å². The third kappa shape index (κ3) is 2.64. The Balaban J connectivity index is 1.63. The summed E-state index contributed by atoms with van der Waals surface area (Å²) >= 11 is 0. The lowest BCUT2D eigenvalue weighted by Gasteiger charge is -2.43. The summed E-state index contributed by atoms with van der Waals surface area (Å²) in [6.07, 6.45) is 2.66. The van der Waals surface area contributed by atoms with Crippen LogP contribution in [0.1, 0.15) is 45.1 Å². The van der Waals surface area contributed by atoms with Crippen molar-refractivity contribution in [1.82, 2.24) is 10.2 Å². The van der Waals surface area contributed by atoms with E-state index in [1.54, 1.807) is 0 Å². The van der Waals surface area contributed by atoms with E-state index in [9.17, 15) is 0 Å². The molecule has 1 heterocycles. The van der Waals surface area contributed by atoms with Gasteiger partial charge in [-0.25, -0.2) is 0 Å². The lowest BCUT2D eigenvalue weighted by molar-refractivity contribution is 0.0768. The summed E-state index contributed by atoms with van der Waals surface area (Å²) in [4.78, 5) is 2.77. The molecule has 0 bridgehead atoms. The molecule has 5 atom stereocenters. The van der Waals surface area contributed by atoms with Crippen LogP contribution in [-0.4, -0.2) is 36.1 Å². The molecule has 110 valence electrons. The van der Waals surface area contributed by atoms with Crippen molar-refractivity contribution in [3.63, 3.8) is 0 Å². The first-order valence-electron chi connectivity index (χ1n) is 8.26. The maximum Gasteiger partial charge on any atom is 0.0174 e. The number of piperidine rings is 1. The highest BCUT2D eigenvalue weighted by molar-refractivity contribution is 5.28. The highest BCUT2D eigenvalue weighted by atomic mass is 15.2. The Labute approximate surface area is 123 Å². The molecule has 5 unspecified atom stereocenters. The van der Waals surface area contributed by atoms with Gasteiger partial charge in [0.15, 0.2) is 0 Å². The van der Waals surface area contributed by atoms with Crippen molar-refractivity contribution >= 4 is 0 Å². The molecular formula is C18H28N2. The zero-order valence-corrected chi connectivity index (χ0v) is 13.0. The molecule has 2 heteroatoms. The van der Waals surface area contributed by atoms with E-state index in [0.717, 1.165) is 24.4 Å². The number of benzene rings is 1. The molecule has 0 aromatic heterocycles. The zero-order valence-electron chi connectivity index (χ0n) is 13.0. The van der Waals surface area contributed by atoms with E-state index in [1.807, 2.05) is 0 Å². The van der Waals surface area contributed by atoms with Crippen LogP contribution < -0.4 is 5.32 Å². The highest BCUT2D eigenvalue weighted by Crippen LogP contribution is 2.47. The van der Waals surface area contributed by atoms with Crippen molar-refractivity contribution in [2.24, 2.45) is 5.92 Å². The van der Waals surface area contributed by atoms with Crippen molar-refractivity contribution in [2.45, 2.75) is 57.7 Å². The standard InChI is InChI=1S/C18H28N2/c1-4-19-17-10-11-20(14(3)13(17)2)18-12-16(18)15-8-6-5-7-9-15/h5-9,13-14,16-19H,4,10-12H2,1-3H3. The van der Waals surface area contributed by atoms with Gasteiger partial charge in [-0.05, 0) is 37.8 Å². The summed E-state index contributed by atoms with van der Waals surface area (Å²) in [7, 11) is 0. The van der Waals surface area contributed by atoms with Crippen molar-refractivity contribution in [3.05, 3.63) is 35.9 Å². The van der Waals surface area contributed by atoms with Gasteiger partial charge < -0.3 is 5.32 Å². The quantitative estimate of drug-likeness (QED) is 0.905. The van der Waals surface area contributed by atoms with Crippen LogP contribution in [0, 0.1) is 5.92 Å². The smallest absolute Gasteiger partial charge is 0.0174 e. The van der Waals surface area contributed by atoms with Gasteiger partial charge in [-0.2, -0.15) is 0 Å². The molecule has 2 fully saturated rings. The fraction of sp³-hybridized carbons (Fsp3) is 0.667. The highest BCUT2D eigenvalue weighted by Gasteiger charge is 2.47. The first-order valence-corrected chi connectivity index (χ1v) is 8.26. The van der Waals surface area contributed by atoms with E-state index in [2.05, 4.69) is 61.3 Å². The number of nitrogens with one attached hydrogen (secondary N) is 1. The van der Waals surface area contributed by atoms with Crippen LogP contribution in [0.15, 0.2) is 30.3 Å². The van der Waals surface area contributed by atoms with Gasteiger partial charge in [0.05, 0.1) is 0 Å². The SMILES string of the molecule is CCNC1CCN(C2CC2c2ccccc2)C(C)C1C. The van der Waals surface area contributed by atoms with Crippen LogP contribution in [0.4, 0.5) is 0 Å². The Morgan fingerprint density at radius 3 is 2.65 bits per heavy atom. The molecule has 0 amide bonds. The predicted octanol–water partition coefficient (Wildman–Crippen LogP) is 3.25. The molecule has 1 aromatic rings. The molecule has 0 spiro atoms. The molecular weight excluding hydrogens is 244 g/mol. The van der Waals surface area contributed by atoms with E-state index in [4.69, 9.17) is 0 Å². The lowest BCUT2D eigenvalue weighted by atomic mass is 9.86. The number of hydrogen-bond donors (Lipinski definition) is 1. The van der Waals surface area contributed by atoms with E-state index in [-0.39, 0.29) is 0 Å². The summed E-state index contributed by atoms with van der Waals surface area (Å²) in [5.41, 5.74) is 1.53. The zero-order chi connectivity index (χ0) is 14.1. The fourth-order valence-corrected chi connectivity index (χ4v) is 4.02. The van der Waals surface area contributed by atoms with E-state index < -0.39 is 0 Å². The summed E-state index contributed by atoms with van der Waals surface area (Å²) < 4.78 is 0. The van der Waals surface area contributed by atoms with Crippen LogP contribution >= 0.6 is 0 Å². The third-order valence-corrected chi connectivity index (χ3v) is 5.49. The van der Waals surface area contributed by atoms with Gasteiger partial charge in [0.1, 0.15) is 0 Å². The van der Waals surface area contributed by atoms with Gasteiger partial charge in [-0.15, -0.1) is 0 Å². The second-order valence-electron chi connectivity index (χ2n) is 6.61. The Kier molecular flexibility index (Phi) is 4.13.